The molecule has 3 heteroatoms. The first-order valence-corrected chi connectivity index (χ1v) is 4.40. The molecule has 0 bridgehead atoms. The Kier molecular flexibility index (Phi) is 1.85. The largest absolute Gasteiger partial charge is 0.382 e. The number of anilines is 2. The van der Waals surface area contributed by atoms with Crippen LogP contribution in [0.5, 0.6) is 0 Å². The van der Waals surface area contributed by atoms with Crippen LogP contribution < -0.4 is 10.2 Å². The second-order valence-corrected chi connectivity index (χ2v) is 3.45. The number of nitrogens with one attached hydrogen (secondary N) is 1. The van der Waals surface area contributed by atoms with E-state index in [-0.39, 0.29) is 0 Å². The van der Waals surface area contributed by atoms with Crippen molar-refractivity contribution in [3.8, 4) is 0 Å². The molecule has 0 aliphatic carbocycles. The second-order valence-electron chi connectivity index (χ2n) is 3.01. The quantitative estimate of drug-likeness (QED) is 0.662. The van der Waals surface area contributed by atoms with E-state index in [9.17, 15) is 0 Å². The van der Waals surface area contributed by atoms with Gasteiger partial charge in [0.15, 0.2) is 0 Å². The fraction of sp³-hybridized carbons (Fsp3) is 0.333. The lowest BCUT2D eigenvalue weighted by Gasteiger charge is -2.28. The highest BCUT2D eigenvalue weighted by molar-refractivity contribution is 6.31. The minimum Gasteiger partial charge on any atom is -0.382 e. The summed E-state index contributed by atoms with van der Waals surface area (Å²) in [5, 5.41) is 4.10. The van der Waals surface area contributed by atoms with Crippen molar-refractivity contribution in [2.24, 2.45) is 0 Å². The van der Waals surface area contributed by atoms with Crippen LogP contribution in [0.3, 0.4) is 0 Å². The SMILES string of the molecule is CN1CCNc2cc(Cl)ccc21. The van der Waals surface area contributed by atoms with Crippen molar-refractivity contribution in [2.45, 2.75) is 0 Å². The molecule has 64 valence electrons. The van der Waals surface area contributed by atoms with Crippen LogP contribution in [0, 0.1) is 0 Å². The topological polar surface area (TPSA) is 15.3 Å². The van der Waals surface area contributed by atoms with Gasteiger partial charge >= 0.3 is 0 Å². The van der Waals surface area contributed by atoms with E-state index in [0.29, 0.717) is 0 Å². The van der Waals surface area contributed by atoms with Gasteiger partial charge in [-0.3, -0.25) is 0 Å². The van der Waals surface area contributed by atoms with E-state index in [1.54, 1.807) is 0 Å². The Balaban J connectivity index is 2.46. The Morgan fingerprint density at radius 1 is 1.50 bits per heavy atom. The van der Waals surface area contributed by atoms with Gasteiger partial charge in [0.05, 0.1) is 11.4 Å². The smallest absolute Gasteiger partial charge is 0.0601 e. The van der Waals surface area contributed by atoms with E-state index < -0.39 is 0 Å². The number of rotatable bonds is 0. The first kappa shape index (κ1) is 7.74. The van der Waals surface area contributed by atoms with Gasteiger partial charge in [0, 0.05) is 25.2 Å². The first-order chi connectivity index (χ1) is 5.77. The Bertz CT molecular complexity index is 299. The van der Waals surface area contributed by atoms with Crippen LogP contribution in [0.2, 0.25) is 5.02 Å². The number of halogens is 1. The lowest BCUT2D eigenvalue weighted by atomic mass is 10.2. The molecule has 1 N–H and O–H groups in total. The summed E-state index contributed by atoms with van der Waals surface area (Å²) in [5.74, 6) is 0. The van der Waals surface area contributed by atoms with Crippen LogP contribution in [0.1, 0.15) is 0 Å². The molecule has 0 saturated heterocycles. The zero-order valence-electron chi connectivity index (χ0n) is 6.97. The van der Waals surface area contributed by atoms with Gasteiger partial charge < -0.3 is 10.2 Å². The van der Waals surface area contributed by atoms with Gasteiger partial charge in [0.25, 0.3) is 0 Å². The second kappa shape index (κ2) is 2.87. The summed E-state index contributed by atoms with van der Waals surface area (Å²) >= 11 is 5.87. The monoisotopic (exact) mass is 182 g/mol. The molecule has 1 aliphatic heterocycles. The number of nitrogens with zero attached hydrogens (tertiary/aromatic N) is 1. The maximum atomic E-state index is 5.87. The summed E-state index contributed by atoms with van der Waals surface area (Å²) < 4.78 is 0. The molecule has 12 heavy (non-hydrogen) atoms. The molecule has 1 heterocycles. The fourth-order valence-electron chi connectivity index (χ4n) is 1.46. The molecule has 0 spiro atoms. The Morgan fingerprint density at radius 2 is 2.33 bits per heavy atom. The summed E-state index contributed by atoms with van der Waals surface area (Å²) in [5.41, 5.74) is 2.36. The van der Waals surface area contributed by atoms with Gasteiger partial charge in [-0.15, -0.1) is 0 Å². The average Bonchev–Trinajstić information content (AvgIpc) is 2.04. The van der Waals surface area contributed by atoms with Crippen LogP contribution in [0.25, 0.3) is 0 Å². The van der Waals surface area contributed by atoms with Crippen molar-refractivity contribution in [2.75, 3.05) is 30.4 Å². The molecular formula is C9H11ClN2. The average molecular weight is 183 g/mol. The highest BCUT2D eigenvalue weighted by atomic mass is 35.5. The summed E-state index contributed by atoms with van der Waals surface area (Å²) in [6, 6.07) is 5.93. The third-order valence-corrected chi connectivity index (χ3v) is 2.37. The zero-order chi connectivity index (χ0) is 8.55. The van der Waals surface area contributed by atoms with Crippen molar-refractivity contribution in [3.05, 3.63) is 23.2 Å². The Morgan fingerprint density at radius 3 is 3.17 bits per heavy atom. The number of hydrogen-bond donors (Lipinski definition) is 1. The number of fused-ring (bicyclic) bond motifs is 1. The third kappa shape index (κ3) is 1.23. The van der Waals surface area contributed by atoms with Crippen molar-refractivity contribution in [3.63, 3.8) is 0 Å². The molecule has 0 amide bonds. The van der Waals surface area contributed by atoms with E-state index in [0.717, 1.165) is 23.8 Å². The third-order valence-electron chi connectivity index (χ3n) is 2.13. The van der Waals surface area contributed by atoms with Crippen molar-refractivity contribution in [1.82, 2.24) is 0 Å². The van der Waals surface area contributed by atoms with Gasteiger partial charge in [-0.25, -0.2) is 0 Å². The highest BCUT2D eigenvalue weighted by Crippen LogP contribution is 2.30. The number of hydrogen-bond acceptors (Lipinski definition) is 2. The molecule has 0 saturated carbocycles. The lowest BCUT2D eigenvalue weighted by Crippen LogP contribution is -2.30. The maximum Gasteiger partial charge on any atom is 0.0601 e. The minimum atomic E-state index is 0.788. The molecule has 1 aromatic carbocycles. The van der Waals surface area contributed by atoms with E-state index in [4.69, 9.17) is 11.6 Å². The normalized spacial score (nSPS) is 15.3. The predicted octanol–water partition coefficient (Wildman–Crippen LogP) is 2.20. The van der Waals surface area contributed by atoms with Gasteiger partial charge in [0.2, 0.25) is 0 Å². The molecule has 1 aliphatic rings. The Hall–Kier alpha value is -0.890. The standard InChI is InChI=1S/C9H11ClN2/c1-12-5-4-11-8-6-7(10)2-3-9(8)12/h2-3,6,11H,4-5H2,1H3. The van der Waals surface area contributed by atoms with Crippen molar-refractivity contribution < 1.29 is 0 Å². The van der Waals surface area contributed by atoms with Gasteiger partial charge in [-0.05, 0) is 18.2 Å². The van der Waals surface area contributed by atoms with E-state index in [1.165, 1.54) is 5.69 Å². The molecule has 1 aromatic rings. The van der Waals surface area contributed by atoms with E-state index in [2.05, 4.69) is 17.3 Å². The van der Waals surface area contributed by atoms with E-state index in [1.807, 2.05) is 18.2 Å². The molecule has 2 rings (SSSR count). The number of benzene rings is 1. The van der Waals surface area contributed by atoms with E-state index >= 15 is 0 Å². The van der Waals surface area contributed by atoms with Crippen LogP contribution in [-0.2, 0) is 0 Å². The molecule has 0 atom stereocenters. The van der Waals surface area contributed by atoms with Crippen molar-refractivity contribution >= 4 is 23.0 Å². The van der Waals surface area contributed by atoms with Crippen LogP contribution in [0.15, 0.2) is 18.2 Å². The molecule has 0 fully saturated rings. The lowest BCUT2D eigenvalue weighted by molar-refractivity contribution is 0.887. The van der Waals surface area contributed by atoms with Gasteiger partial charge in [0.1, 0.15) is 0 Å². The number of likely N-dealkylation sites (N-methyl/N-ethyl adjacent to an activating group) is 1. The van der Waals surface area contributed by atoms with Gasteiger partial charge in [-0.1, -0.05) is 11.6 Å². The fourth-order valence-corrected chi connectivity index (χ4v) is 1.63. The van der Waals surface area contributed by atoms with Crippen molar-refractivity contribution in [1.29, 1.82) is 0 Å². The highest BCUT2D eigenvalue weighted by Gasteiger charge is 2.11. The van der Waals surface area contributed by atoms with Crippen LogP contribution in [0.4, 0.5) is 11.4 Å². The summed E-state index contributed by atoms with van der Waals surface area (Å²) in [6.45, 7) is 2.04. The molecule has 0 aromatic heterocycles. The maximum absolute atomic E-state index is 5.87. The summed E-state index contributed by atoms with van der Waals surface area (Å²) in [7, 11) is 2.09. The zero-order valence-corrected chi connectivity index (χ0v) is 7.73. The van der Waals surface area contributed by atoms with Crippen LogP contribution >= 0.6 is 11.6 Å². The minimum absolute atomic E-state index is 0.788. The molecule has 0 radical (unpaired) electrons. The van der Waals surface area contributed by atoms with Gasteiger partial charge in [-0.2, -0.15) is 0 Å². The molecule has 0 unspecified atom stereocenters. The molecular weight excluding hydrogens is 172 g/mol. The molecule has 2 nitrogen and oxygen atoms in total. The summed E-state index contributed by atoms with van der Waals surface area (Å²) in [6.07, 6.45) is 0. The first-order valence-electron chi connectivity index (χ1n) is 4.02. The van der Waals surface area contributed by atoms with Crippen LogP contribution in [-0.4, -0.2) is 20.1 Å². The summed E-state index contributed by atoms with van der Waals surface area (Å²) in [4.78, 5) is 2.22. The Labute approximate surface area is 77.1 Å². The predicted molar refractivity (Wildman–Crippen MR) is 53.2 cm³/mol.